The second kappa shape index (κ2) is 6.13. The second-order valence-electron chi connectivity index (χ2n) is 8.15. The number of carbonyl (C=O) groups is 1. The quantitative estimate of drug-likeness (QED) is 0.881. The Labute approximate surface area is 148 Å². The van der Waals surface area contributed by atoms with Crippen molar-refractivity contribution in [2.75, 3.05) is 19.6 Å². The molecule has 3 aliphatic heterocycles. The van der Waals surface area contributed by atoms with Gasteiger partial charge in [-0.05, 0) is 68.3 Å². The Kier molecular flexibility index (Phi) is 3.77. The minimum Gasteiger partial charge on any atom is -0.346 e. The molecule has 4 heterocycles. The van der Waals surface area contributed by atoms with E-state index in [0.29, 0.717) is 11.6 Å². The minimum absolute atomic E-state index is 0.0238. The van der Waals surface area contributed by atoms with Crippen molar-refractivity contribution in [1.29, 1.82) is 0 Å². The van der Waals surface area contributed by atoms with Crippen LogP contribution in [0.2, 0.25) is 0 Å². The summed E-state index contributed by atoms with van der Waals surface area (Å²) in [6.07, 6.45) is 7.56. The molecular weight excluding hydrogens is 312 g/mol. The molecular formula is C20H26N4O. The molecule has 2 N–H and O–H groups in total. The lowest BCUT2D eigenvalue weighted by molar-refractivity contribution is 0.0618. The van der Waals surface area contributed by atoms with Crippen molar-refractivity contribution in [2.24, 2.45) is 11.8 Å². The molecule has 3 saturated heterocycles. The summed E-state index contributed by atoms with van der Waals surface area (Å²) in [6, 6.07) is 6.67. The SMILES string of the molecule is O=C(N[C@@H]1CN2CCC1CC2)c1n[nH]c2ccc(CCC3CC3)cc12. The van der Waals surface area contributed by atoms with Crippen molar-refractivity contribution in [3.63, 3.8) is 0 Å². The molecule has 25 heavy (non-hydrogen) atoms. The fourth-order valence-electron chi connectivity index (χ4n) is 4.53. The number of H-pyrrole nitrogens is 1. The first-order chi connectivity index (χ1) is 12.3. The number of nitrogens with one attached hydrogen (secondary N) is 2. The average Bonchev–Trinajstić information content (AvgIpc) is 3.38. The van der Waals surface area contributed by atoms with Crippen LogP contribution in [-0.2, 0) is 6.42 Å². The number of hydrogen-bond donors (Lipinski definition) is 2. The van der Waals surface area contributed by atoms with E-state index in [1.165, 1.54) is 50.8 Å². The van der Waals surface area contributed by atoms with Gasteiger partial charge in [-0.2, -0.15) is 5.10 Å². The van der Waals surface area contributed by atoms with Crippen molar-refractivity contribution in [3.05, 3.63) is 29.5 Å². The monoisotopic (exact) mass is 338 g/mol. The van der Waals surface area contributed by atoms with Crippen molar-refractivity contribution >= 4 is 16.8 Å². The maximum atomic E-state index is 12.8. The van der Waals surface area contributed by atoms with Gasteiger partial charge in [0.15, 0.2) is 5.69 Å². The normalized spacial score (nSPS) is 28.4. The number of nitrogens with zero attached hydrogens (tertiary/aromatic N) is 2. The smallest absolute Gasteiger partial charge is 0.272 e. The summed E-state index contributed by atoms with van der Waals surface area (Å²) in [5, 5.41) is 11.6. The number of hydrogen-bond acceptors (Lipinski definition) is 3. The number of aromatic amines is 1. The molecule has 1 aliphatic carbocycles. The summed E-state index contributed by atoms with van der Waals surface area (Å²) in [5.74, 6) is 1.54. The van der Waals surface area contributed by atoms with Gasteiger partial charge in [-0.15, -0.1) is 0 Å². The van der Waals surface area contributed by atoms with E-state index in [1.807, 2.05) is 0 Å². The van der Waals surface area contributed by atoms with E-state index in [9.17, 15) is 4.79 Å². The molecule has 1 atom stereocenters. The third-order valence-electron chi connectivity index (χ3n) is 6.35. The molecule has 4 fully saturated rings. The molecule has 0 radical (unpaired) electrons. The Morgan fingerprint density at radius 2 is 2.08 bits per heavy atom. The molecule has 2 aromatic rings. The molecule has 1 saturated carbocycles. The molecule has 2 bridgehead atoms. The third kappa shape index (κ3) is 3.06. The van der Waals surface area contributed by atoms with Gasteiger partial charge in [-0.25, -0.2) is 0 Å². The van der Waals surface area contributed by atoms with Gasteiger partial charge < -0.3 is 10.2 Å². The molecule has 1 aromatic carbocycles. The molecule has 6 rings (SSSR count). The van der Waals surface area contributed by atoms with Crippen LogP contribution < -0.4 is 5.32 Å². The van der Waals surface area contributed by atoms with Crippen LogP contribution >= 0.6 is 0 Å². The van der Waals surface area contributed by atoms with Gasteiger partial charge in [0.05, 0.1) is 5.52 Å². The molecule has 0 unspecified atom stereocenters. The van der Waals surface area contributed by atoms with Gasteiger partial charge in [0.25, 0.3) is 5.91 Å². The Bertz CT molecular complexity index is 786. The first-order valence-electron chi connectivity index (χ1n) is 9.76. The number of amides is 1. The summed E-state index contributed by atoms with van der Waals surface area (Å²) in [6.45, 7) is 3.37. The van der Waals surface area contributed by atoms with Crippen molar-refractivity contribution in [3.8, 4) is 0 Å². The van der Waals surface area contributed by atoms with Crippen LogP contribution in [0.25, 0.3) is 10.9 Å². The minimum atomic E-state index is -0.0238. The summed E-state index contributed by atoms with van der Waals surface area (Å²) < 4.78 is 0. The first kappa shape index (κ1) is 15.4. The Hall–Kier alpha value is -1.88. The number of aromatic nitrogens is 2. The van der Waals surface area contributed by atoms with E-state index in [0.717, 1.165) is 29.8 Å². The van der Waals surface area contributed by atoms with Crippen LogP contribution in [0.1, 0.15) is 48.2 Å². The zero-order valence-electron chi connectivity index (χ0n) is 14.6. The maximum absolute atomic E-state index is 12.8. The molecule has 5 heteroatoms. The van der Waals surface area contributed by atoms with Crippen LogP contribution in [0, 0.1) is 11.8 Å². The van der Waals surface area contributed by atoms with Crippen LogP contribution in [0.5, 0.6) is 0 Å². The number of benzene rings is 1. The van der Waals surface area contributed by atoms with Gasteiger partial charge in [0, 0.05) is 18.0 Å². The molecule has 4 aliphatic rings. The van der Waals surface area contributed by atoms with E-state index >= 15 is 0 Å². The maximum Gasteiger partial charge on any atom is 0.272 e. The summed E-state index contributed by atoms with van der Waals surface area (Å²) in [5.41, 5.74) is 2.83. The lowest BCUT2D eigenvalue weighted by Gasteiger charge is -2.44. The van der Waals surface area contributed by atoms with E-state index in [-0.39, 0.29) is 11.9 Å². The largest absolute Gasteiger partial charge is 0.346 e. The van der Waals surface area contributed by atoms with Crippen LogP contribution in [0.15, 0.2) is 18.2 Å². The number of aryl methyl sites for hydroxylation is 1. The van der Waals surface area contributed by atoms with Crippen molar-refractivity contribution < 1.29 is 4.79 Å². The Morgan fingerprint density at radius 3 is 2.80 bits per heavy atom. The van der Waals surface area contributed by atoms with Crippen LogP contribution in [0.4, 0.5) is 0 Å². The van der Waals surface area contributed by atoms with Gasteiger partial charge in [-0.3, -0.25) is 9.89 Å². The number of rotatable bonds is 5. The zero-order valence-corrected chi connectivity index (χ0v) is 14.6. The highest BCUT2D eigenvalue weighted by Gasteiger charge is 2.35. The fourth-order valence-corrected chi connectivity index (χ4v) is 4.53. The van der Waals surface area contributed by atoms with Gasteiger partial charge in [0.1, 0.15) is 0 Å². The standard InChI is InChI=1S/C20H26N4O/c25-20(21-18-12-24-9-7-15(18)8-10-24)19-16-11-14(4-3-13-1-2-13)5-6-17(16)22-23-19/h5-6,11,13,15,18H,1-4,7-10,12H2,(H,21,25)(H,22,23)/t18-/m1/s1. The molecule has 5 nitrogen and oxygen atoms in total. The first-order valence-corrected chi connectivity index (χ1v) is 9.76. The summed E-state index contributed by atoms with van der Waals surface area (Å²) in [4.78, 5) is 15.3. The molecule has 1 amide bonds. The zero-order chi connectivity index (χ0) is 16.8. The predicted octanol–water partition coefficient (Wildman–Crippen LogP) is 2.73. The van der Waals surface area contributed by atoms with Crippen molar-refractivity contribution in [2.45, 2.75) is 44.6 Å². The molecule has 0 spiro atoms. The second-order valence-corrected chi connectivity index (χ2v) is 8.15. The summed E-state index contributed by atoms with van der Waals surface area (Å²) >= 11 is 0. The van der Waals surface area contributed by atoms with E-state index in [4.69, 9.17) is 0 Å². The average molecular weight is 338 g/mol. The number of carbonyl (C=O) groups excluding carboxylic acids is 1. The van der Waals surface area contributed by atoms with Gasteiger partial charge in [-0.1, -0.05) is 18.9 Å². The molecule has 1 aromatic heterocycles. The highest BCUT2D eigenvalue weighted by Crippen LogP contribution is 2.34. The lowest BCUT2D eigenvalue weighted by atomic mass is 9.84. The highest BCUT2D eigenvalue weighted by atomic mass is 16.2. The number of fused-ring (bicyclic) bond motifs is 4. The predicted molar refractivity (Wildman–Crippen MR) is 97.6 cm³/mol. The highest BCUT2D eigenvalue weighted by molar-refractivity contribution is 6.04. The third-order valence-corrected chi connectivity index (χ3v) is 6.35. The van der Waals surface area contributed by atoms with Crippen LogP contribution in [-0.4, -0.2) is 46.7 Å². The van der Waals surface area contributed by atoms with Gasteiger partial charge >= 0.3 is 0 Å². The summed E-state index contributed by atoms with van der Waals surface area (Å²) in [7, 11) is 0. The fraction of sp³-hybridized carbons (Fsp3) is 0.600. The van der Waals surface area contributed by atoms with E-state index in [1.54, 1.807) is 0 Å². The molecule has 132 valence electrons. The number of piperidine rings is 3. The van der Waals surface area contributed by atoms with E-state index in [2.05, 4.69) is 38.6 Å². The van der Waals surface area contributed by atoms with E-state index < -0.39 is 0 Å². The lowest BCUT2D eigenvalue weighted by Crippen LogP contribution is -2.57. The Morgan fingerprint density at radius 1 is 1.24 bits per heavy atom. The van der Waals surface area contributed by atoms with Crippen molar-refractivity contribution in [1.82, 2.24) is 20.4 Å². The topological polar surface area (TPSA) is 61.0 Å². The van der Waals surface area contributed by atoms with Crippen LogP contribution in [0.3, 0.4) is 0 Å². The Balaban J connectivity index is 1.34. The van der Waals surface area contributed by atoms with Gasteiger partial charge in [0.2, 0.25) is 0 Å².